The third-order valence-corrected chi connectivity index (χ3v) is 2.82. The van der Waals surface area contributed by atoms with Gasteiger partial charge < -0.3 is 14.8 Å². The van der Waals surface area contributed by atoms with Crippen molar-refractivity contribution in [2.45, 2.75) is 13.3 Å². The molecule has 2 aromatic carbocycles. The van der Waals surface area contributed by atoms with Gasteiger partial charge in [-0.05, 0) is 36.4 Å². The molecule has 1 N–H and O–H groups in total. The summed E-state index contributed by atoms with van der Waals surface area (Å²) in [6, 6.07) is 16.9. The SMILES string of the molecule is CCC(=O)Nc1ccc(OCCOc2ccccc2)cc1. The summed E-state index contributed by atoms with van der Waals surface area (Å²) in [5.74, 6) is 1.58. The number of carbonyl (C=O) groups is 1. The molecule has 0 saturated heterocycles. The summed E-state index contributed by atoms with van der Waals surface area (Å²) in [6.45, 7) is 2.77. The minimum absolute atomic E-state index is 0.0000653. The van der Waals surface area contributed by atoms with Gasteiger partial charge in [0.2, 0.25) is 5.91 Å². The number of hydrogen-bond donors (Lipinski definition) is 1. The van der Waals surface area contributed by atoms with E-state index in [0.717, 1.165) is 17.2 Å². The first-order valence-electron chi connectivity index (χ1n) is 6.98. The molecule has 0 unspecified atom stereocenters. The van der Waals surface area contributed by atoms with Crippen LogP contribution >= 0.6 is 0 Å². The molecule has 0 saturated carbocycles. The summed E-state index contributed by atoms with van der Waals surface area (Å²) >= 11 is 0. The molecule has 0 bridgehead atoms. The van der Waals surface area contributed by atoms with Gasteiger partial charge in [0.15, 0.2) is 0 Å². The molecule has 2 aromatic rings. The number of nitrogens with one attached hydrogen (secondary N) is 1. The van der Waals surface area contributed by atoms with E-state index < -0.39 is 0 Å². The fraction of sp³-hybridized carbons (Fsp3) is 0.235. The van der Waals surface area contributed by atoms with E-state index in [9.17, 15) is 4.79 Å². The maximum Gasteiger partial charge on any atom is 0.224 e. The third-order valence-electron chi connectivity index (χ3n) is 2.82. The molecule has 0 heterocycles. The highest BCUT2D eigenvalue weighted by Gasteiger charge is 1.99. The lowest BCUT2D eigenvalue weighted by molar-refractivity contribution is -0.115. The average Bonchev–Trinajstić information content (AvgIpc) is 2.54. The van der Waals surface area contributed by atoms with Gasteiger partial charge in [-0.1, -0.05) is 25.1 Å². The van der Waals surface area contributed by atoms with E-state index in [4.69, 9.17) is 9.47 Å². The van der Waals surface area contributed by atoms with Gasteiger partial charge in [-0.15, -0.1) is 0 Å². The fourth-order valence-electron chi connectivity index (χ4n) is 1.72. The number of amides is 1. The van der Waals surface area contributed by atoms with Crippen LogP contribution in [0.5, 0.6) is 11.5 Å². The molecule has 110 valence electrons. The predicted molar refractivity (Wildman–Crippen MR) is 82.8 cm³/mol. The Kier molecular flexibility index (Phi) is 5.64. The van der Waals surface area contributed by atoms with Gasteiger partial charge in [-0.2, -0.15) is 0 Å². The molecule has 1 amide bonds. The first-order valence-corrected chi connectivity index (χ1v) is 6.98. The quantitative estimate of drug-likeness (QED) is 0.792. The van der Waals surface area contributed by atoms with Crippen LogP contribution in [0.2, 0.25) is 0 Å². The van der Waals surface area contributed by atoms with Crippen LogP contribution in [0.15, 0.2) is 54.6 Å². The second-order valence-electron chi connectivity index (χ2n) is 4.44. The zero-order valence-electron chi connectivity index (χ0n) is 12.0. The van der Waals surface area contributed by atoms with E-state index in [-0.39, 0.29) is 5.91 Å². The number of anilines is 1. The Morgan fingerprint density at radius 2 is 1.48 bits per heavy atom. The Labute approximate surface area is 124 Å². The number of benzene rings is 2. The average molecular weight is 285 g/mol. The minimum atomic E-state index is -0.0000653. The van der Waals surface area contributed by atoms with Gasteiger partial charge in [-0.25, -0.2) is 0 Å². The van der Waals surface area contributed by atoms with Crippen molar-refractivity contribution >= 4 is 11.6 Å². The molecular weight excluding hydrogens is 266 g/mol. The van der Waals surface area contributed by atoms with Crippen LogP contribution in [0.3, 0.4) is 0 Å². The van der Waals surface area contributed by atoms with Crippen molar-refractivity contribution in [3.05, 3.63) is 54.6 Å². The van der Waals surface area contributed by atoms with Crippen molar-refractivity contribution in [1.29, 1.82) is 0 Å². The Bertz CT molecular complexity index is 552. The predicted octanol–water partition coefficient (Wildman–Crippen LogP) is 3.49. The number of hydrogen-bond acceptors (Lipinski definition) is 3. The van der Waals surface area contributed by atoms with Gasteiger partial charge in [0.05, 0.1) is 0 Å². The maximum absolute atomic E-state index is 11.3. The Morgan fingerprint density at radius 3 is 2.05 bits per heavy atom. The molecule has 2 rings (SSSR count). The smallest absolute Gasteiger partial charge is 0.224 e. The molecule has 21 heavy (non-hydrogen) atoms. The summed E-state index contributed by atoms with van der Waals surface area (Å²) in [6.07, 6.45) is 0.467. The van der Waals surface area contributed by atoms with Crippen LogP contribution < -0.4 is 14.8 Å². The third kappa shape index (κ3) is 5.18. The van der Waals surface area contributed by atoms with Crippen molar-refractivity contribution in [3.8, 4) is 11.5 Å². The van der Waals surface area contributed by atoms with Crippen LogP contribution in [-0.2, 0) is 4.79 Å². The molecule has 0 atom stereocenters. The summed E-state index contributed by atoms with van der Waals surface area (Å²) in [4.78, 5) is 11.3. The molecular formula is C17H19NO3. The number of carbonyl (C=O) groups excluding carboxylic acids is 1. The highest BCUT2D eigenvalue weighted by molar-refractivity contribution is 5.90. The lowest BCUT2D eigenvalue weighted by atomic mass is 10.3. The first-order chi connectivity index (χ1) is 10.3. The van der Waals surface area contributed by atoms with Crippen LogP contribution in [-0.4, -0.2) is 19.1 Å². The molecule has 0 fully saturated rings. The van der Waals surface area contributed by atoms with Gasteiger partial charge in [0.25, 0.3) is 0 Å². The van der Waals surface area contributed by atoms with Crippen molar-refractivity contribution in [2.24, 2.45) is 0 Å². The summed E-state index contributed by atoms with van der Waals surface area (Å²) in [5.41, 5.74) is 0.773. The zero-order valence-corrected chi connectivity index (χ0v) is 12.0. The molecule has 0 aromatic heterocycles. The molecule has 0 radical (unpaired) electrons. The summed E-state index contributed by atoms with van der Waals surface area (Å²) in [7, 11) is 0. The largest absolute Gasteiger partial charge is 0.490 e. The topological polar surface area (TPSA) is 47.6 Å². The van der Waals surface area contributed by atoms with Crippen LogP contribution in [0.25, 0.3) is 0 Å². The molecule has 0 aliphatic rings. The van der Waals surface area contributed by atoms with Gasteiger partial charge >= 0.3 is 0 Å². The second kappa shape index (κ2) is 7.94. The van der Waals surface area contributed by atoms with Crippen molar-refractivity contribution in [1.82, 2.24) is 0 Å². The highest BCUT2D eigenvalue weighted by atomic mass is 16.5. The fourth-order valence-corrected chi connectivity index (χ4v) is 1.72. The Balaban J connectivity index is 1.72. The number of rotatable bonds is 7. The number of ether oxygens (including phenoxy) is 2. The van der Waals surface area contributed by atoms with E-state index in [0.29, 0.717) is 19.6 Å². The van der Waals surface area contributed by atoms with Crippen molar-refractivity contribution in [3.63, 3.8) is 0 Å². The van der Waals surface area contributed by atoms with Gasteiger partial charge in [-0.3, -0.25) is 4.79 Å². The Morgan fingerprint density at radius 1 is 0.905 bits per heavy atom. The summed E-state index contributed by atoms with van der Waals surface area (Å²) < 4.78 is 11.1. The zero-order chi connectivity index (χ0) is 14.9. The van der Waals surface area contributed by atoms with E-state index in [1.165, 1.54) is 0 Å². The van der Waals surface area contributed by atoms with Crippen molar-refractivity contribution < 1.29 is 14.3 Å². The van der Waals surface area contributed by atoms with E-state index in [1.807, 2.05) is 61.5 Å². The molecule has 4 nitrogen and oxygen atoms in total. The summed E-state index contributed by atoms with van der Waals surface area (Å²) in [5, 5.41) is 2.79. The van der Waals surface area contributed by atoms with E-state index in [2.05, 4.69) is 5.32 Å². The molecule has 4 heteroatoms. The lowest BCUT2D eigenvalue weighted by Gasteiger charge is -2.09. The maximum atomic E-state index is 11.3. The standard InChI is InChI=1S/C17H19NO3/c1-2-17(19)18-14-8-10-16(11-9-14)21-13-12-20-15-6-4-3-5-7-15/h3-11H,2,12-13H2,1H3,(H,18,19). The normalized spacial score (nSPS) is 9.95. The molecule has 0 aliphatic heterocycles. The van der Waals surface area contributed by atoms with E-state index >= 15 is 0 Å². The van der Waals surface area contributed by atoms with Crippen LogP contribution in [0, 0.1) is 0 Å². The monoisotopic (exact) mass is 285 g/mol. The first kappa shape index (κ1) is 14.9. The van der Waals surface area contributed by atoms with Crippen LogP contribution in [0.1, 0.15) is 13.3 Å². The van der Waals surface area contributed by atoms with Crippen LogP contribution in [0.4, 0.5) is 5.69 Å². The highest BCUT2D eigenvalue weighted by Crippen LogP contribution is 2.16. The molecule has 0 spiro atoms. The van der Waals surface area contributed by atoms with Gasteiger partial charge in [0, 0.05) is 12.1 Å². The second-order valence-corrected chi connectivity index (χ2v) is 4.44. The lowest BCUT2D eigenvalue weighted by Crippen LogP contribution is -2.10. The van der Waals surface area contributed by atoms with Gasteiger partial charge in [0.1, 0.15) is 24.7 Å². The Hall–Kier alpha value is -2.49. The molecule has 0 aliphatic carbocycles. The van der Waals surface area contributed by atoms with Crippen molar-refractivity contribution in [2.75, 3.05) is 18.5 Å². The van der Waals surface area contributed by atoms with E-state index in [1.54, 1.807) is 0 Å². The minimum Gasteiger partial charge on any atom is -0.490 e. The number of para-hydroxylation sites is 1.